The molecule has 0 radical (unpaired) electrons. The molecule has 2 rings (SSSR count). The number of aromatic nitrogens is 1. The Bertz CT molecular complexity index is 351. The second-order valence-corrected chi connectivity index (χ2v) is 6.24. The van der Waals surface area contributed by atoms with Crippen LogP contribution in [0.15, 0.2) is 5.38 Å². The molecule has 0 spiro atoms. The highest BCUT2D eigenvalue weighted by Gasteiger charge is 2.22. The fraction of sp³-hybridized carbons (Fsp3) is 0.786. The highest BCUT2D eigenvalue weighted by atomic mass is 32.1. The minimum atomic E-state index is 0.701. The first-order chi connectivity index (χ1) is 8.79. The lowest BCUT2D eigenvalue weighted by atomic mass is 10.0. The fourth-order valence-electron chi connectivity index (χ4n) is 2.63. The number of aryl methyl sites for hydroxylation is 1. The number of nitrogens with zero attached hydrogens (tertiary/aromatic N) is 2. The SMILES string of the molecule is CCCNCC1CCCCN1Cc1csc(C)n1. The summed E-state index contributed by atoms with van der Waals surface area (Å²) in [5.74, 6) is 0. The van der Waals surface area contributed by atoms with Crippen molar-refractivity contribution in [2.45, 2.75) is 52.1 Å². The number of thiazole rings is 1. The van der Waals surface area contributed by atoms with E-state index in [0.717, 1.165) is 19.6 Å². The van der Waals surface area contributed by atoms with Gasteiger partial charge in [-0.25, -0.2) is 4.98 Å². The summed E-state index contributed by atoms with van der Waals surface area (Å²) in [6, 6.07) is 0.701. The van der Waals surface area contributed by atoms with Gasteiger partial charge in [-0.1, -0.05) is 13.3 Å². The molecule has 102 valence electrons. The maximum atomic E-state index is 4.59. The quantitative estimate of drug-likeness (QED) is 0.803. The summed E-state index contributed by atoms with van der Waals surface area (Å²) in [4.78, 5) is 7.20. The van der Waals surface area contributed by atoms with E-state index < -0.39 is 0 Å². The van der Waals surface area contributed by atoms with E-state index >= 15 is 0 Å². The monoisotopic (exact) mass is 267 g/mol. The molecule has 1 aliphatic rings. The van der Waals surface area contributed by atoms with Crippen LogP contribution in [-0.2, 0) is 6.54 Å². The highest BCUT2D eigenvalue weighted by molar-refractivity contribution is 7.09. The predicted octanol–water partition coefficient (Wildman–Crippen LogP) is 2.81. The summed E-state index contributed by atoms with van der Waals surface area (Å²) in [5, 5.41) is 6.96. The number of hydrogen-bond acceptors (Lipinski definition) is 4. The van der Waals surface area contributed by atoms with Gasteiger partial charge in [-0.15, -0.1) is 11.3 Å². The molecule has 0 bridgehead atoms. The van der Waals surface area contributed by atoms with E-state index in [1.54, 1.807) is 11.3 Å². The van der Waals surface area contributed by atoms with Gasteiger partial charge in [-0.05, 0) is 39.3 Å². The van der Waals surface area contributed by atoms with Crippen LogP contribution in [0.5, 0.6) is 0 Å². The van der Waals surface area contributed by atoms with Crippen molar-refractivity contribution in [1.29, 1.82) is 0 Å². The molecule has 1 aromatic heterocycles. The third kappa shape index (κ3) is 4.04. The first-order valence-electron chi connectivity index (χ1n) is 7.15. The normalized spacial score (nSPS) is 21.3. The van der Waals surface area contributed by atoms with E-state index in [9.17, 15) is 0 Å². The Kier molecular flexibility index (Phi) is 5.60. The molecule has 0 aliphatic carbocycles. The lowest BCUT2D eigenvalue weighted by Crippen LogP contribution is -2.45. The lowest BCUT2D eigenvalue weighted by Gasteiger charge is -2.35. The molecule has 2 heterocycles. The summed E-state index contributed by atoms with van der Waals surface area (Å²) in [7, 11) is 0. The smallest absolute Gasteiger partial charge is 0.0897 e. The van der Waals surface area contributed by atoms with Crippen LogP contribution in [0.2, 0.25) is 0 Å². The molecule has 1 aromatic rings. The van der Waals surface area contributed by atoms with E-state index in [2.05, 4.69) is 34.4 Å². The molecule has 1 unspecified atom stereocenters. The van der Waals surface area contributed by atoms with E-state index in [-0.39, 0.29) is 0 Å². The summed E-state index contributed by atoms with van der Waals surface area (Å²) >= 11 is 1.76. The molecule has 0 amide bonds. The molecule has 3 nitrogen and oxygen atoms in total. The van der Waals surface area contributed by atoms with Gasteiger partial charge < -0.3 is 5.32 Å². The molecule has 4 heteroatoms. The van der Waals surface area contributed by atoms with Gasteiger partial charge in [0.1, 0.15) is 0 Å². The van der Waals surface area contributed by atoms with Crippen molar-refractivity contribution >= 4 is 11.3 Å². The Morgan fingerprint density at radius 1 is 1.50 bits per heavy atom. The fourth-order valence-corrected chi connectivity index (χ4v) is 3.24. The van der Waals surface area contributed by atoms with Crippen LogP contribution in [0.3, 0.4) is 0 Å². The molecule has 0 saturated carbocycles. The average Bonchev–Trinajstić information content (AvgIpc) is 2.77. The van der Waals surface area contributed by atoms with Gasteiger partial charge >= 0.3 is 0 Å². The third-order valence-electron chi connectivity index (χ3n) is 3.59. The molecule has 18 heavy (non-hydrogen) atoms. The Morgan fingerprint density at radius 2 is 2.39 bits per heavy atom. The Balaban J connectivity index is 1.86. The van der Waals surface area contributed by atoms with Crippen LogP contribution in [0.1, 0.15) is 43.3 Å². The zero-order valence-corrected chi connectivity index (χ0v) is 12.4. The van der Waals surface area contributed by atoms with Crippen molar-refractivity contribution in [3.05, 3.63) is 16.1 Å². The largest absolute Gasteiger partial charge is 0.315 e. The summed E-state index contributed by atoms with van der Waals surface area (Å²) in [6.07, 6.45) is 5.27. The number of nitrogens with one attached hydrogen (secondary N) is 1. The highest BCUT2D eigenvalue weighted by Crippen LogP contribution is 2.20. The number of piperidine rings is 1. The Labute approximate surface area is 115 Å². The van der Waals surface area contributed by atoms with Gasteiger partial charge in [0.05, 0.1) is 10.7 Å². The summed E-state index contributed by atoms with van der Waals surface area (Å²) in [5.41, 5.74) is 1.25. The van der Waals surface area contributed by atoms with Gasteiger partial charge in [0.25, 0.3) is 0 Å². The van der Waals surface area contributed by atoms with Gasteiger partial charge in [-0.3, -0.25) is 4.90 Å². The third-order valence-corrected chi connectivity index (χ3v) is 4.41. The number of hydrogen-bond donors (Lipinski definition) is 1. The van der Waals surface area contributed by atoms with Crippen LogP contribution in [0.25, 0.3) is 0 Å². The predicted molar refractivity (Wildman–Crippen MR) is 78.1 cm³/mol. The van der Waals surface area contributed by atoms with Crippen LogP contribution < -0.4 is 5.32 Å². The van der Waals surface area contributed by atoms with Gasteiger partial charge in [0.15, 0.2) is 0 Å². The zero-order valence-electron chi connectivity index (χ0n) is 11.6. The van der Waals surface area contributed by atoms with E-state index in [0.29, 0.717) is 6.04 Å². The lowest BCUT2D eigenvalue weighted by molar-refractivity contribution is 0.136. The molecule has 1 N–H and O–H groups in total. The summed E-state index contributed by atoms with van der Waals surface area (Å²) in [6.45, 7) is 8.85. The summed E-state index contributed by atoms with van der Waals surface area (Å²) < 4.78 is 0. The van der Waals surface area contributed by atoms with Crippen LogP contribution >= 0.6 is 11.3 Å². The first kappa shape index (κ1) is 14.0. The number of rotatable bonds is 6. The average molecular weight is 267 g/mol. The van der Waals surface area contributed by atoms with Crippen molar-refractivity contribution in [1.82, 2.24) is 15.2 Å². The zero-order chi connectivity index (χ0) is 12.8. The minimum Gasteiger partial charge on any atom is -0.315 e. The maximum absolute atomic E-state index is 4.59. The second-order valence-electron chi connectivity index (χ2n) is 5.18. The topological polar surface area (TPSA) is 28.2 Å². The van der Waals surface area contributed by atoms with Gasteiger partial charge in [0, 0.05) is 24.5 Å². The van der Waals surface area contributed by atoms with Gasteiger partial charge in [0.2, 0.25) is 0 Å². The van der Waals surface area contributed by atoms with E-state index in [4.69, 9.17) is 0 Å². The molecule has 1 atom stereocenters. The van der Waals surface area contributed by atoms with Crippen LogP contribution in [0.4, 0.5) is 0 Å². The maximum Gasteiger partial charge on any atom is 0.0897 e. The van der Waals surface area contributed by atoms with Gasteiger partial charge in [-0.2, -0.15) is 0 Å². The molecular weight excluding hydrogens is 242 g/mol. The van der Waals surface area contributed by atoms with E-state index in [1.807, 2.05) is 0 Å². The Morgan fingerprint density at radius 3 is 3.11 bits per heavy atom. The number of likely N-dealkylation sites (tertiary alicyclic amines) is 1. The standard InChI is InChI=1S/C14H25N3S/c1-3-7-15-9-14-6-4-5-8-17(14)10-13-11-18-12(2)16-13/h11,14-15H,3-10H2,1-2H3. The van der Waals surface area contributed by atoms with Crippen molar-refractivity contribution in [2.75, 3.05) is 19.6 Å². The molecule has 0 aromatic carbocycles. The van der Waals surface area contributed by atoms with Crippen LogP contribution in [0, 0.1) is 6.92 Å². The van der Waals surface area contributed by atoms with Crippen molar-refractivity contribution in [3.63, 3.8) is 0 Å². The second kappa shape index (κ2) is 7.22. The molecule has 1 saturated heterocycles. The van der Waals surface area contributed by atoms with E-state index in [1.165, 1.54) is 42.9 Å². The van der Waals surface area contributed by atoms with Crippen molar-refractivity contribution in [2.24, 2.45) is 0 Å². The molecule has 1 fully saturated rings. The van der Waals surface area contributed by atoms with Crippen LogP contribution in [-0.4, -0.2) is 35.6 Å². The molecule has 1 aliphatic heterocycles. The van der Waals surface area contributed by atoms with Crippen molar-refractivity contribution in [3.8, 4) is 0 Å². The minimum absolute atomic E-state index is 0.701. The first-order valence-corrected chi connectivity index (χ1v) is 8.03. The van der Waals surface area contributed by atoms with Crippen molar-refractivity contribution < 1.29 is 0 Å². The Hall–Kier alpha value is -0.450. The molecular formula is C14H25N3S.